The first-order valence-corrected chi connectivity index (χ1v) is 12.1. The third-order valence-electron chi connectivity index (χ3n) is 4.00. The van der Waals surface area contributed by atoms with Crippen molar-refractivity contribution in [2.75, 3.05) is 36.8 Å². The van der Waals surface area contributed by atoms with Gasteiger partial charge in [-0.05, 0) is 12.3 Å². The Balaban J connectivity index is 2.28. The summed E-state index contributed by atoms with van der Waals surface area (Å²) in [5, 5.41) is 3.59. The zero-order valence-electron chi connectivity index (χ0n) is 15.9. The maximum atomic E-state index is 11.9. The molecule has 1 aliphatic heterocycles. The Morgan fingerprint density at radius 2 is 1.79 bits per heavy atom. The van der Waals surface area contributed by atoms with Crippen molar-refractivity contribution < 1.29 is 17.9 Å². The van der Waals surface area contributed by atoms with Gasteiger partial charge in [0.15, 0.2) is 11.3 Å². The summed E-state index contributed by atoms with van der Waals surface area (Å²) >= 11 is 14.5. The van der Waals surface area contributed by atoms with E-state index < -0.39 is 10.0 Å². The predicted octanol–water partition coefficient (Wildman–Crippen LogP) is 3.94. The van der Waals surface area contributed by atoms with Crippen molar-refractivity contribution in [1.29, 1.82) is 0 Å². The first kappa shape index (κ1) is 21.8. The molecule has 0 amide bonds. The van der Waals surface area contributed by atoms with E-state index in [0.29, 0.717) is 34.0 Å². The fourth-order valence-electron chi connectivity index (χ4n) is 2.73. The maximum Gasteiger partial charge on any atom is 0.231 e. The minimum absolute atomic E-state index is 0.110. The number of rotatable bonds is 6. The molecule has 29 heavy (non-hydrogen) atoms. The summed E-state index contributed by atoms with van der Waals surface area (Å²) < 4.78 is 36.9. The molecule has 0 radical (unpaired) electrons. The average Bonchev–Trinajstić information content (AvgIpc) is 2.67. The number of benzene rings is 1. The van der Waals surface area contributed by atoms with Crippen LogP contribution >= 0.6 is 35.0 Å². The molecule has 1 aromatic carbocycles. The molecule has 1 aliphatic rings. The smallest absolute Gasteiger partial charge is 0.231 e. The largest absolute Gasteiger partial charge is 0.495 e. The molecule has 1 unspecified atom stereocenters. The summed E-state index contributed by atoms with van der Waals surface area (Å²) in [6.45, 7) is 0. The van der Waals surface area contributed by atoms with Crippen molar-refractivity contribution in [3.8, 4) is 22.8 Å². The second-order valence-electron chi connectivity index (χ2n) is 5.99. The highest BCUT2D eigenvalue weighted by molar-refractivity contribution is 7.99. The fraction of sp³-hybridized carbons (Fsp3) is 0.294. The molecule has 156 valence electrons. The van der Waals surface area contributed by atoms with Crippen molar-refractivity contribution in [3.05, 3.63) is 27.7 Å². The lowest BCUT2D eigenvalue weighted by Gasteiger charge is -2.23. The zero-order valence-corrected chi connectivity index (χ0v) is 19.1. The number of hydrogen-bond donors (Lipinski definition) is 2. The summed E-state index contributed by atoms with van der Waals surface area (Å²) in [5.74, 6) is 0.794. The number of anilines is 2. The quantitative estimate of drug-likeness (QED) is 0.650. The lowest BCUT2D eigenvalue weighted by atomic mass is 10.1. The number of halogens is 2. The van der Waals surface area contributed by atoms with E-state index in [0.717, 1.165) is 6.26 Å². The van der Waals surface area contributed by atoms with Crippen LogP contribution < -0.4 is 19.5 Å². The minimum Gasteiger partial charge on any atom is -0.495 e. The standard InChI is InChI=1S/C17H18Cl2N4O4S2/c1-26-10-6-11(27-2)14(19)12(13(10)18)9-5-8-7-20-17(28-3)22-15(8)16(21-9)23-29(4,24)25/h5-7,17,22H,1-4H3,(H,21,23). The van der Waals surface area contributed by atoms with Gasteiger partial charge in [-0.1, -0.05) is 23.2 Å². The summed E-state index contributed by atoms with van der Waals surface area (Å²) in [6, 6.07) is 3.27. The molecule has 0 bridgehead atoms. The monoisotopic (exact) mass is 476 g/mol. The van der Waals surface area contributed by atoms with Gasteiger partial charge >= 0.3 is 0 Å². The zero-order chi connectivity index (χ0) is 21.3. The average molecular weight is 477 g/mol. The number of nitrogens with zero attached hydrogens (tertiary/aromatic N) is 2. The van der Waals surface area contributed by atoms with E-state index in [2.05, 4.69) is 20.0 Å². The Morgan fingerprint density at radius 3 is 2.31 bits per heavy atom. The van der Waals surface area contributed by atoms with Crippen LogP contribution in [-0.2, 0) is 10.0 Å². The number of aromatic nitrogens is 1. The van der Waals surface area contributed by atoms with Gasteiger partial charge in [-0.25, -0.2) is 13.4 Å². The van der Waals surface area contributed by atoms with Gasteiger partial charge in [-0.15, -0.1) is 11.8 Å². The molecule has 12 heteroatoms. The highest BCUT2D eigenvalue weighted by atomic mass is 35.5. The molecule has 2 heterocycles. The van der Waals surface area contributed by atoms with E-state index in [1.807, 2.05) is 6.26 Å². The topological polar surface area (TPSA) is 102 Å². The molecular weight excluding hydrogens is 459 g/mol. The van der Waals surface area contributed by atoms with E-state index in [1.54, 1.807) is 18.3 Å². The SMILES string of the molecule is COc1cc(OC)c(Cl)c(-c2cc3c(c(NS(C)(=O)=O)n2)NC(SC)N=C3)c1Cl. The van der Waals surface area contributed by atoms with E-state index >= 15 is 0 Å². The Labute approximate surface area is 183 Å². The van der Waals surface area contributed by atoms with Crippen LogP contribution in [0.15, 0.2) is 17.1 Å². The molecule has 0 spiro atoms. The second kappa shape index (κ2) is 8.47. The van der Waals surface area contributed by atoms with Crippen molar-refractivity contribution in [2.45, 2.75) is 5.50 Å². The van der Waals surface area contributed by atoms with Gasteiger partial charge in [-0.2, -0.15) is 0 Å². The Hall–Kier alpha value is -1.88. The molecule has 2 aromatic rings. The van der Waals surface area contributed by atoms with Gasteiger partial charge in [0.2, 0.25) is 10.0 Å². The van der Waals surface area contributed by atoms with Gasteiger partial charge in [0.1, 0.15) is 11.5 Å². The lowest BCUT2D eigenvalue weighted by Crippen LogP contribution is -2.22. The number of methoxy groups -OCH3 is 2. The number of thioether (sulfide) groups is 1. The molecule has 2 N–H and O–H groups in total. The first-order chi connectivity index (χ1) is 13.7. The van der Waals surface area contributed by atoms with Crippen LogP contribution in [0.1, 0.15) is 5.56 Å². The van der Waals surface area contributed by atoms with Gasteiger partial charge in [0.05, 0.1) is 41.9 Å². The Morgan fingerprint density at radius 1 is 1.17 bits per heavy atom. The maximum absolute atomic E-state index is 11.9. The van der Waals surface area contributed by atoms with Crippen molar-refractivity contribution >= 4 is 62.7 Å². The van der Waals surface area contributed by atoms with Gasteiger partial charge in [-0.3, -0.25) is 9.71 Å². The van der Waals surface area contributed by atoms with E-state index in [-0.39, 0.29) is 21.4 Å². The van der Waals surface area contributed by atoms with Gasteiger partial charge in [0, 0.05) is 23.4 Å². The van der Waals surface area contributed by atoms with Crippen molar-refractivity contribution in [2.24, 2.45) is 4.99 Å². The number of sulfonamides is 1. The van der Waals surface area contributed by atoms with Crippen LogP contribution in [-0.4, -0.2) is 51.8 Å². The third kappa shape index (κ3) is 4.50. The fourth-order valence-corrected chi connectivity index (χ4v) is 4.35. The molecule has 3 rings (SSSR count). The molecule has 0 aliphatic carbocycles. The second-order valence-corrected chi connectivity index (χ2v) is 9.41. The molecule has 1 aromatic heterocycles. The van der Waals surface area contributed by atoms with Crippen LogP contribution in [0.4, 0.5) is 11.5 Å². The number of aliphatic imine (C=N–C) groups is 1. The number of nitrogens with one attached hydrogen (secondary N) is 2. The molecule has 0 saturated heterocycles. The summed E-state index contributed by atoms with van der Waals surface area (Å²) in [5.41, 5.74) is 1.55. The molecule has 1 atom stereocenters. The van der Waals surface area contributed by atoms with E-state index in [4.69, 9.17) is 32.7 Å². The number of fused-ring (bicyclic) bond motifs is 1. The number of ether oxygens (including phenoxy) is 2. The van der Waals surface area contributed by atoms with Crippen LogP contribution in [0.5, 0.6) is 11.5 Å². The van der Waals surface area contributed by atoms with E-state index in [1.165, 1.54) is 26.0 Å². The predicted molar refractivity (Wildman–Crippen MR) is 120 cm³/mol. The van der Waals surface area contributed by atoms with Crippen LogP contribution in [0.2, 0.25) is 10.0 Å². The highest BCUT2D eigenvalue weighted by Crippen LogP contribution is 2.46. The Kier molecular flexibility index (Phi) is 6.37. The normalized spacial score (nSPS) is 15.4. The summed E-state index contributed by atoms with van der Waals surface area (Å²) in [7, 11) is -0.666. The molecule has 0 saturated carbocycles. The summed E-state index contributed by atoms with van der Waals surface area (Å²) in [4.78, 5) is 8.86. The third-order valence-corrected chi connectivity index (χ3v) is 6.00. The molecular formula is C17H18Cl2N4O4S2. The molecule has 0 fully saturated rings. The highest BCUT2D eigenvalue weighted by Gasteiger charge is 2.25. The number of hydrogen-bond acceptors (Lipinski definition) is 8. The minimum atomic E-state index is -3.60. The lowest BCUT2D eigenvalue weighted by molar-refractivity contribution is 0.395. The summed E-state index contributed by atoms with van der Waals surface area (Å²) in [6.07, 6.45) is 4.57. The van der Waals surface area contributed by atoms with Crippen molar-refractivity contribution in [1.82, 2.24) is 4.98 Å². The van der Waals surface area contributed by atoms with Crippen LogP contribution in [0, 0.1) is 0 Å². The first-order valence-electron chi connectivity index (χ1n) is 8.14. The Bertz CT molecular complexity index is 1070. The van der Waals surface area contributed by atoms with E-state index in [9.17, 15) is 8.42 Å². The van der Waals surface area contributed by atoms with Crippen LogP contribution in [0.25, 0.3) is 11.3 Å². The molecule has 8 nitrogen and oxygen atoms in total. The van der Waals surface area contributed by atoms with Crippen molar-refractivity contribution in [3.63, 3.8) is 0 Å². The number of pyridine rings is 1. The van der Waals surface area contributed by atoms with Gasteiger partial charge < -0.3 is 14.8 Å². The van der Waals surface area contributed by atoms with Crippen LogP contribution in [0.3, 0.4) is 0 Å². The van der Waals surface area contributed by atoms with Gasteiger partial charge in [0.25, 0.3) is 0 Å².